The number of rotatable bonds is 6. The van der Waals surface area contributed by atoms with Crippen LogP contribution in [0.15, 0.2) is 47.5 Å². The summed E-state index contributed by atoms with van der Waals surface area (Å²) in [4.78, 5) is 15.1. The first kappa shape index (κ1) is 19.4. The average Bonchev–Trinajstić information content (AvgIpc) is 2.61. The van der Waals surface area contributed by atoms with Crippen LogP contribution >= 0.6 is 0 Å². The number of aliphatic imine (C=N–C) groups is 1. The molecule has 26 heavy (non-hydrogen) atoms. The van der Waals surface area contributed by atoms with Crippen LogP contribution in [0.25, 0.3) is 0 Å². The van der Waals surface area contributed by atoms with Gasteiger partial charge in [-0.05, 0) is 42.3 Å². The maximum Gasteiger partial charge on any atom is 0.221 e. The molecule has 0 saturated carbocycles. The second kappa shape index (κ2) is 9.50. The number of nitrogens with zero attached hydrogens (tertiary/aromatic N) is 1. The molecule has 0 radical (unpaired) electrons. The smallest absolute Gasteiger partial charge is 0.221 e. The molecule has 2 aromatic carbocycles. The lowest BCUT2D eigenvalue weighted by atomic mass is 10.1. The SMILES string of the molecule is CN=C(NCCc1ccc(NC(C)=O)cc1)NCc1cc(F)ccc1F. The molecule has 0 aromatic heterocycles. The highest BCUT2D eigenvalue weighted by molar-refractivity contribution is 5.88. The topological polar surface area (TPSA) is 65.5 Å². The van der Waals surface area contributed by atoms with Crippen molar-refractivity contribution in [3.8, 4) is 0 Å². The molecule has 0 heterocycles. The molecule has 1 amide bonds. The second-order valence-corrected chi connectivity index (χ2v) is 5.72. The fraction of sp³-hybridized carbons (Fsp3) is 0.263. The Morgan fingerprint density at radius 1 is 1.08 bits per heavy atom. The van der Waals surface area contributed by atoms with Crippen molar-refractivity contribution in [3.05, 3.63) is 65.2 Å². The molecule has 138 valence electrons. The van der Waals surface area contributed by atoms with Crippen LogP contribution in [0, 0.1) is 11.6 Å². The highest BCUT2D eigenvalue weighted by atomic mass is 19.1. The van der Waals surface area contributed by atoms with Crippen molar-refractivity contribution in [2.75, 3.05) is 18.9 Å². The molecule has 7 heteroatoms. The minimum absolute atomic E-state index is 0.107. The summed E-state index contributed by atoms with van der Waals surface area (Å²) in [6.07, 6.45) is 0.745. The first-order valence-electron chi connectivity index (χ1n) is 8.23. The predicted octanol–water partition coefficient (Wildman–Crippen LogP) is 2.83. The van der Waals surface area contributed by atoms with Gasteiger partial charge in [-0.15, -0.1) is 0 Å². The molecule has 0 aliphatic rings. The van der Waals surface area contributed by atoms with Gasteiger partial charge in [-0.3, -0.25) is 9.79 Å². The molecule has 3 N–H and O–H groups in total. The lowest BCUT2D eigenvalue weighted by Crippen LogP contribution is -2.38. The summed E-state index contributed by atoms with van der Waals surface area (Å²) in [6.45, 7) is 2.21. The van der Waals surface area contributed by atoms with E-state index >= 15 is 0 Å². The largest absolute Gasteiger partial charge is 0.356 e. The predicted molar refractivity (Wildman–Crippen MR) is 99.0 cm³/mol. The molecule has 0 unspecified atom stereocenters. The molecule has 0 saturated heterocycles. The van der Waals surface area contributed by atoms with Crippen molar-refractivity contribution in [3.63, 3.8) is 0 Å². The Kier molecular flexibility index (Phi) is 7.08. The van der Waals surface area contributed by atoms with E-state index in [-0.39, 0.29) is 18.0 Å². The third-order valence-electron chi connectivity index (χ3n) is 3.66. The van der Waals surface area contributed by atoms with Crippen LogP contribution in [0.3, 0.4) is 0 Å². The Bertz CT molecular complexity index is 776. The molecular formula is C19H22F2N4O. The Balaban J connectivity index is 1.80. The van der Waals surface area contributed by atoms with Crippen LogP contribution in [0.1, 0.15) is 18.1 Å². The van der Waals surface area contributed by atoms with Crippen LogP contribution < -0.4 is 16.0 Å². The zero-order valence-electron chi connectivity index (χ0n) is 14.8. The summed E-state index contributed by atoms with van der Waals surface area (Å²) >= 11 is 0. The Morgan fingerprint density at radius 2 is 1.81 bits per heavy atom. The second-order valence-electron chi connectivity index (χ2n) is 5.72. The van der Waals surface area contributed by atoms with Crippen molar-refractivity contribution >= 4 is 17.6 Å². The molecule has 0 fully saturated rings. The summed E-state index contributed by atoms with van der Waals surface area (Å²) in [5, 5.41) is 8.79. The first-order valence-corrected chi connectivity index (χ1v) is 8.23. The average molecular weight is 360 g/mol. The molecule has 0 bridgehead atoms. The maximum absolute atomic E-state index is 13.6. The summed E-state index contributed by atoms with van der Waals surface area (Å²) in [5.74, 6) is -0.546. The van der Waals surface area contributed by atoms with Gasteiger partial charge in [0.1, 0.15) is 11.6 Å². The first-order chi connectivity index (χ1) is 12.5. The number of hydrogen-bond donors (Lipinski definition) is 3. The third kappa shape index (κ3) is 6.16. The Morgan fingerprint density at radius 3 is 2.46 bits per heavy atom. The van der Waals surface area contributed by atoms with E-state index in [9.17, 15) is 13.6 Å². The van der Waals surface area contributed by atoms with Gasteiger partial charge in [-0.1, -0.05) is 12.1 Å². The van der Waals surface area contributed by atoms with E-state index in [1.807, 2.05) is 24.3 Å². The van der Waals surface area contributed by atoms with Crippen LogP contribution in [0.5, 0.6) is 0 Å². The molecule has 0 spiro atoms. The highest BCUT2D eigenvalue weighted by Gasteiger charge is 2.05. The number of anilines is 1. The summed E-state index contributed by atoms with van der Waals surface area (Å²) in [7, 11) is 1.61. The van der Waals surface area contributed by atoms with E-state index < -0.39 is 11.6 Å². The molecule has 0 atom stereocenters. The summed E-state index contributed by atoms with van der Waals surface area (Å²) in [5.41, 5.74) is 2.09. The van der Waals surface area contributed by atoms with Crippen molar-refractivity contribution < 1.29 is 13.6 Å². The quantitative estimate of drug-likeness (QED) is 0.548. The Labute approximate surface area is 151 Å². The van der Waals surface area contributed by atoms with Crippen LogP contribution in [0.2, 0.25) is 0 Å². The van der Waals surface area contributed by atoms with Gasteiger partial charge in [-0.25, -0.2) is 8.78 Å². The van der Waals surface area contributed by atoms with Crippen molar-refractivity contribution in [1.82, 2.24) is 10.6 Å². The monoisotopic (exact) mass is 360 g/mol. The van der Waals surface area contributed by atoms with Crippen molar-refractivity contribution in [2.45, 2.75) is 19.9 Å². The number of carbonyl (C=O) groups is 1. The van der Waals surface area contributed by atoms with E-state index in [0.29, 0.717) is 12.5 Å². The zero-order chi connectivity index (χ0) is 18.9. The maximum atomic E-state index is 13.6. The fourth-order valence-electron chi connectivity index (χ4n) is 2.36. The summed E-state index contributed by atoms with van der Waals surface area (Å²) < 4.78 is 26.8. The molecule has 5 nitrogen and oxygen atoms in total. The van der Waals surface area contributed by atoms with E-state index in [4.69, 9.17) is 0 Å². The van der Waals surface area contributed by atoms with Crippen LogP contribution in [0.4, 0.5) is 14.5 Å². The van der Waals surface area contributed by atoms with Gasteiger partial charge in [0.25, 0.3) is 0 Å². The standard InChI is InChI=1S/C19H22F2N4O/c1-13(26)25-17-6-3-14(4-7-17)9-10-23-19(22-2)24-12-15-11-16(20)5-8-18(15)21/h3-8,11H,9-10,12H2,1-2H3,(H,25,26)(H2,22,23,24). The third-order valence-corrected chi connectivity index (χ3v) is 3.66. The van der Waals surface area contributed by atoms with Gasteiger partial charge >= 0.3 is 0 Å². The van der Waals surface area contributed by atoms with Gasteiger partial charge in [-0.2, -0.15) is 0 Å². The summed E-state index contributed by atoms with van der Waals surface area (Å²) in [6, 6.07) is 10.9. The molecule has 2 aromatic rings. The minimum atomic E-state index is -0.478. The number of guanidine groups is 1. The number of carbonyl (C=O) groups excluding carboxylic acids is 1. The minimum Gasteiger partial charge on any atom is -0.356 e. The van der Waals surface area contributed by atoms with Crippen molar-refractivity contribution in [1.29, 1.82) is 0 Å². The van der Waals surface area contributed by atoms with Gasteiger partial charge in [0, 0.05) is 38.3 Å². The number of hydrogen-bond acceptors (Lipinski definition) is 2. The molecular weight excluding hydrogens is 338 g/mol. The number of nitrogens with one attached hydrogen (secondary N) is 3. The number of benzene rings is 2. The van der Waals surface area contributed by atoms with Gasteiger partial charge in [0.2, 0.25) is 5.91 Å². The van der Waals surface area contributed by atoms with Gasteiger partial charge in [0.15, 0.2) is 5.96 Å². The van der Waals surface area contributed by atoms with Gasteiger partial charge < -0.3 is 16.0 Å². The lowest BCUT2D eigenvalue weighted by Gasteiger charge is -2.12. The normalized spacial score (nSPS) is 11.2. The number of amides is 1. The molecule has 0 aliphatic carbocycles. The van der Waals surface area contributed by atoms with Crippen molar-refractivity contribution in [2.24, 2.45) is 4.99 Å². The lowest BCUT2D eigenvalue weighted by molar-refractivity contribution is -0.114. The van der Waals surface area contributed by atoms with E-state index in [0.717, 1.165) is 35.9 Å². The molecule has 0 aliphatic heterocycles. The highest BCUT2D eigenvalue weighted by Crippen LogP contribution is 2.10. The number of halogens is 2. The van der Waals surface area contributed by atoms with E-state index in [1.165, 1.54) is 6.92 Å². The van der Waals surface area contributed by atoms with E-state index in [1.54, 1.807) is 7.05 Å². The fourth-order valence-corrected chi connectivity index (χ4v) is 2.36. The zero-order valence-corrected chi connectivity index (χ0v) is 14.8. The van der Waals surface area contributed by atoms with Crippen LogP contribution in [-0.2, 0) is 17.8 Å². The molecule has 2 rings (SSSR count). The Hall–Kier alpha value is -2.96. The van der Waals surface area contributed by atoms with Gasteiger partial charge in [0.05, 0.1) is 0 Å². The van der Waals surface area contributed by atoms with E-state index in [2.05, 4.69) is 20.9 Å². The van der Waals surface area contributed by atoms with Crippen LogP contribution in [-0.4, -0.2) is 25.5 Å².